The molecule has 1 aliphatic rings. The predicted molar refractivity (Wildman–Crippen MR) is 123 cm³/mol. The van der Waals surface area contributed by atoms with Crippen molar-refractivity contribution in [2.75, 3.05) is 10.6 Å². The van der Waals surface area contributed by atoms with Crippen LogP contribution in [0, 0.1) is 6.92 Å². The molecule has 1 aliphatic heterocycles. The number of para-hydroxylation sites is 1. The Hall–Kier alpha value is -3.62. The van der Waals surface area contributed by atoms with E-state index in [9.17, 15) is 14.7 Å². The van der Waals surface area contributed by atoms with E-state index in [0.717, 1.165) is 4.70 Å². The molecule has 1 atom stereocenters. The summed E-state index contributed by atoms with van der Waals surface area (Å²) in [4.78, 5) is 32.4. The molecule has 0 spiro atoms. The lowest BCUT2D eigenvalue weighted by Gasteiger charge is -2.24. The molecule has 7 nitrogen and oxygen atoms in total. The van der Waals surface area contributed by atoms with Crippen molar-refractivity contribution < 1.29 is 19.1 Å². The van der Waals surface area contributed by atoms with Gasteiger partial charge >= 0.3 is 0 Å². The van der Waals surface area contributed by atoms with Crippen LogP contribution in [0.5, 0.6) is 0 Å². The van der Waals surface area contributed by atoms with Gasteiger partial charge in [-0.15, -0.1) is 0 Å². The van der Waals surface area contributed by atoms with Crippen LogP contribution in [-0.2, 0) is 4.79 Å². The molecule has 1 unspecified atom stereocenters. The van der Waals surface area contributed by atoms with Crippen LogP contribution >= 0.6 is 22.9 Å². The third kappa shape index (κ3) is 3.16. The lowest BCUT2D eigenvalue weighted by Crippen LogP contribution is -2.31. The summed E-state index contributed by atoms with van der Waals surface area (Å²) in [5.74, 6) is -1.41. The van der Waals surface area contributed by atoms with Crippen LogP contribution in [0.2, 0.25) is 5.02 Å². The molecule has 1 amide bonds. The largest absolute Gasteiger partial charge is 0.503 e. The summed E-state index contributed by atoms with van der Waals surface area (Å²) in [6.45, 7) is 1.71. The Balaban J connectivity index is 1.70. The maximum atomic E-state index is 13.3. The molecule has 0 fully saturated rings. The zero-order valence-corrected chi connectivity index (χ0v) is 18.3. The number of thiazole rings is 1. The van der Waals surface area contributed by atoms with E-state index in [1.165, 1.54) is 22.3 Å². The number of benzene rings is 2. The van der Waals surface area contributed by atoms with Gasteiger partial charge in [-0.3, -0.25) is 14.5 Å². The lowest BCUT2D eigenvalue weighted by molar-refractivity contribution is -0.117. The highest BCUT2D eigenvalue weighted by Crippen LogP contribution is 2.45. The minimum Gasteiger partial charge on any atom is -0.503 e. The van der Waals surface area contributed by atoms with Crippen molar-refractivity contribution >= 4 is 55.7 Å². The average molecular weight is 466 g/mol. The van der Waals surface area contributed by atoms with Crippen molar-refractivity contribution in [3.63, 3.8) is 0 Å². The van der Waals surface area contributed by atoms with Gasteiger partial charge in [0.25, 0.3) is 5.91 Å². The summed E-state index contributed by atoms with van der Waals surface area (Å²) in [7, 11) is 0. The van der Waals surface area contributed by atoms with E-state index in [0.29, 0.717) is 32.7 Å². The number of anilines is 2. The molecule has 9 heteroatoms. The number of aromatic nitrogens is 1. The van der Waals surface area contributed by atoms with Crippen LogP contribution < -0.4 is 10.6 Å². The summed E-state index contributed by atoms with van der Waals surface area (Å²) in [5, 5.41) is 11.5. The highest BCUT2D eigenvalue weighted by atomic mass is 35.5. The summed E-state index contributed by atoms with van der Waals surface area (Å²) < 4.78 is 6.24. The van der Waals surface area contributed by atoms with Gasteiger partial charge in [-0.25, -0.2) is 4.98 Å². The molecular formula is C23H16ClN3O4S. The van der Waals surface area contributed by atoms with E-state index < -0.39 is 23.5 Å². The number of aryl methyl sites for hydroxylation is 1. The number of aliphatic hydroxyl groups excluding tert-OH is 1. The second-order valence-electron chi connectivity index (χ2n) is 7.33. The number of hydrogen-bond acceptors (Lipinski definition) is 7. The fourth-order valence-corrected chi connectivity index (χ4v) is 5.07. The van der Waals surface area contributed by atoms with Gasteiger partial charge in [0.2, 0.25) is 5.78 Å². The molecular weight excluding hydrogens is 450 g/mol. The fraction of sp³-hybridized carbons (Fsp3) is 0.0870. The molecule has 3 heterocycles. The van der Waals surface area contributed by atoms with Gasteiger partial charge in [-0.05, 0) is 48.9 Å². The van der Waals surface area contributed by atoms with Crippen LogP contribution in [0.3, 0.4) is 0 Å². The van der Waals surface area contributed by atoms with E-state index in [1.54, 1.807) is 49.4 Å². The molecule has 32 heavy (non-hydrogen) atoms. The molecule has 2 aromatic heterocycles. The number of nitrogen functional groups attached to an aromatic ring is 1. The van der Waals surface area contributed by atoms with Gasteiger partial charge in [0.15, 0.2) is 16.7 Å². The standard InChI is InChI=1S/C23H16ClN3O4S/c1-11-8-9-15(31-11)20(28)17-19(12-4-2-5-13(25)10-12)27(22(30)21(17)29)23-26-18-14(24)6-3-7-16(18)32-23/h2-10,19,29H,25H2,1H3. The molecule has 0 bridgehead atoms. The van der Waals surface area contributed by atoms with Gasteiger partial charge in [0.1, 0.15) is 11.3 Å². The Labute approximate surface area is 191 Å². The number of Topliss-reactive ketones (excluding diaryl/α,β-unsaturated/α-hetero) is 1. The Morgan fingerprint density at radius 3 is 2.69 bits per heavy atom. The fourth-order valence-electron chi connectivity index (χ4n) is 3.77. The topological polar surface area (TPSA) is 110 Å². The smallest absolute Gasteiger partial charge is 0.296 e. The van der Waals surface area contributed by atoms with E-state index in [2.05, 4.69) is 4.98 Å². The quantitative estimate of drug-likeness (QED) is 0.316. The number of carbonyl (C=O) groups excluding carboxylic acids is 2. The molecule has 0 saturated heterocycles. The SMILES string of the molecule is Cc1ccc(C(=O)C2=C(O)C(=O)N(c3nc4c(Cl)cccc4s3)C2c2cccc(N)c2)o1. The number of furan rings is 1. The third-order valence-corrected chi connectivity index (χ3v) is 6.53. The Morgan fingerprint density at radius 1 is 1.22 bits per heavy atom. The molecule has 0 saturated carbocycles. The minimum atomic E-state index is -0.941. The minimum absolute atomic E-state index is 0.0277. The van der Waals surface area contributed by atoms with Gasteiger partial charge in [0, 0.05) is 5.69 Å². The van der Waals surface area contributed by atoms with Crippen LogP contribution in [0.1, 0.15) is 27.9 Å². The van der Waals surface area contributed by atoms with Crippen molar-refractivity contribution in [1.82, 2.24) is 4.98 Å². The third-order valence-electron chi connectivity index (χ3n) is 5.21. The second-order valence-corrected chi connectivity index (χ2v) is 8.75. The second kappa shape index (κ2) is 7.51. The van der Waals surface area contributed by atoms with Crippen molar-refractivity contribution in [3.8, 4) is 0 Å². The highest BCUT2D eigenvalue weighted by molar-refractivity contribution is 7.22. The molecule has 160 valence electrons. The van der Waals surface area contributed by atoms with E-state index >= 15 is 0 Å². The molecule has 2 aromatic carbocycles. The zero-order chi connectivity index (χ0) is 22.6. The summed E-state index contributed by atoms with van der Waals surface area (Å²) >= 11 is 7.51. The highest BCUT2D eigenvalue weighted by Gasteiger charge is 2.46. The summed E-state index contributed by atoms with van der Waals surface area (Å²) in [6, 6.07) is 14.4. The number of halogens is 1. The number of ketones is 1. The van der Waals surface area contributed by atoms with Crippen LogP contribution in [0.25, 0.3) is 10.2 Å². The first kappa shape index (κ1) is 20.3. The van der Waals surface area contributed by atoms with Gasteiger partial charge in [0.05, 0.1) is 21.3 Å². The van der Waals surface area contributed by atoms with Crippen molar-refractivity contribution in [3.05, 3.63) is 88.0 Å². The van der Waals surface area contributed by atoms with Gasteiger partial charge in [-0.2, -0.15) is 0 Å². The zero-order valence-electron chi connectivity index (χ0n) is 16.7. The number of fused-ring (bicyclic) bond motifs is 1. The first-order chi connectivity index (χ1) is 15.3. The Morgan fingerprint density at radius 2 is 2.00 bits per heavy atom. The maximum absolute atomic E-state index is 13.3. The first-order valence-corrected chi connectivity index (χ1v) is 10.8. The number of carbonyl (C=O) groups is 2. The summed E-state index contributed by atoms with van der Waals surface area (Å²) in [6.07, 6.45) is 0. The van der Waals surface area contributed by atoms with Crippen molar-refractivity contribution in [1.29, 1.82) is 0 Å². The van der Waals surface area contributed by atoms with E-state index in [4.69, 9.17) is 21.8 Å². The van der Waals surface area contributed by atoms with Crippen LogP contribution in [-0.4, -0.2) is 21.8 Å². The van der Waals surface area contributed by atoms with Crippen molar-refractivity contribution in [2.45, 2.75) is 13.0 Å². The van der Waals surface area contributed by atoms with Crippen LogP contribution in [0.4, 0.5) is 10.8 Å². The van der Waals surface area contributed by atoms with Crippen LogP contribution in [0.15, 0.2) is 70.3 Å². The first-order valence-electron chi connectivity index (χ1n) is 9.63. The average Bonchev–Trinajstić information content (AvgIpc) is 3.45. The maximum Gasteiger partial charge on any atom is 0.296 e. The number of rotatable bonds is 4. The number of aliphatic hydroxyl groups is 1. The molecule has 0 radical (unpaired) electrons. The molecule has 4 aromatic rings. The van der Waals surface area contributed by atoms with Crippen molar-refractivity contribution in [2.24, 2.45) is 0 Å². The molecule has 0 aliphatic carbocycles. The summed E-state index contributed by atoms with van der Waals surface area (Å²) in [5.41, 5.74) is 7.43. The lowest BCUT2D eigenvalue weighted by atomic mass is 9.95. The molecule has 3 N–H and O–H groups in total. The van der Waals surface area contributed by atoms with Gasteiger partial charge < -0.3 is 15.3 Å². The monoisotopic (exact) mass is 465 g/mol. The van der Waals surface area contributed by atoms with E-state index in [1.807, 2.05) is 6.07 Å². The number of nitrogens with two attached hydrogens (primary N) is 1. The molecule has 5 rings (SSSR count). The predicted octanol–water partition coefficient (Wildman–Crippen LogP) is 5.22. The van der Waals surface area contributed by atoms with E-state index in [-0.39, 0.29) is 11.3 Å². The Kier molecular flexibility index (Phi) is 4.76. The number of hydrogen-bond donors (Lipinski definition) is 2. The number of nitrogens with zero attached hydrogens (tertiary/aromatic N) is 2. The Bertz CT molecular complexity index is 1440. The van der Waals surface area contributed by atoms with Gasteiger partial charge in [-0.1, -0.05) is 41.1 Å². The number of amides is 1. The normalized spacial score (nSPS) is 16.4.